The van der Waals surface area contributed by atoms with E-state index in [0.717, 1.165) is 31.2 Å². The predicted octanol–water partition coefficient (Wildman–Crippen LogP) is 1.31. The van der Waals surface area contributed by atoms with Gasteiger partial charge in [0.25, 0.3) is 0 Å². The van der Waals surface area contributed by atoms with Gasteiger partial charge in [0.1, 0.15) is 11.2 Å². The van der Waals surface area contributed by atoms with Crippen molar-refractivity contribution >= 4 is 28.8 Å². The van der Waals surface area contributed by atoms with Gasteiger partial charge >= 0.3 is 5.69 Å². The molecule has 1 aliphatic rings. The van der Waals surface area contributed by atoms with Crippen LogP contribution in [0.25, 0.3) is 0 Å². The standard InChI is InChI=1S/C13H17N7O2S/c1-9(12-15-2-7-23-12)18-3-5-19(6-4-18)13-16-8-10(20(21)22)11(14)17-13/h2,7-9H,3-6H2,1H3,(H2,14,16,17). The Kier molecular flexibility index (Phi) is 4.35. The smallest absolute Gasteiger partial charge is 0.329 e. The molecule has 1 saturated heterocycles. The average Bonchev–Trinajstić information content (AvgIpc) is 3.08. The Morgan fingerprint density at radius 1 is 1.35 bits per heavy atom. The van der Waals surface area contributed by atoms with Crippen LogP contribution in [0.4, 0.5) is 17.5 Å². The third kappa shape index (κ3) is 3.22. The van der Waals surface area contributed by atoms with E-state index in [9.17, 15) is 10.1 Å². The molecule has 0 spiro atoms. The summed E-state index contributed by atoms with van der Waals surface area (Å²) in [4.78, 5) is 27.0. The fourth-order valence-electron chi connectivity index (χ4n) is 2.58. The monoisotopic (exact) mass is 335 g/mol. The Morgan fingerprint density at radius 2 is 2.09 bits per heavy atom. The first kappa shape index (κ1) is 15.6. The first-order chi connectivity index (χ1) is 11.1. The molecule has 0 bridgehead atoms. The van der Waals surface area contributed by atoms with Crippen LogP contribution in [0.3, 0.4) is 0 Å². The summed E-state index contributed by atoms with van der Waals surface area (Å²) >= 11 is 1.66. The highest BCUT2D eigenvalue weighted by molar-refractivity contribution is 7.09. The van der Waals surface area contributed by atoms with Crippen molar-refractivity contribution in [1.29, 1.82) is 0 Å². The van der Waals surface area contributed by atoms with Crippen molar-refractivity contribution in [3.05, 3.63) is 32.9 Å². The molecule has 1 unspecified atom stereocenters. The van der Waals surface area contributed by atoms with Gasteiger partial charge in [-0.2, -0.15) is 4.98 Å². The minimum Gasteiger partial charge on any atom is -0.378 e. The van der Waals surface area contributed by atoms with Gasteiger partial charge in [0.05, 0.1) is 11.0 Å². The molecule has 1 fully saturated rings. The number of hydrogen-bond acceptors (Lipinski definition) is 9. The van der Waals surface area contributed by atoms with E-state index in [4.69, 9.17) is 5.73 Å². The summed E-state index contributed by atoms with van der Waals surface area (Å²) in [5, 5.41) is 13.8. The van der Waals surface area contributed by atoms with Crippen LogP contribution in [0.1, 0.15) is 18.0 Å². The number of nitro groups is 1. The molecular weight excluding hydrogens is 318 g/mol. The number of thiazole rings is 1. The molecule has 0 radical (unpaired) electrons. The van der Waals surface area contributed by atoms with E-state index >= 15 is 0 Å². The van der Waals surface area contributed by atoms with Gasteiger partial charge in [-0.15, -0.1) is 11.3 Å². The lowest BCUT2D eigenvalue weighted by Gasteiger charge is -2.37. The van der Waals surface area contributed by atoms with Crippen LogP contribution in [0.5, 0.6) is 0 Å². The SMILES string of the molecule is CC(c1nccs1)N1CCN(c2ncc([N+](=O)[O-])c(N)n2)CC1. The average molecular weight is 335 g/mol. The Morgan fingerprint density at radius 3 is 2.65 bits per heavy atom. The van der Waals surface area contributed by atoms with Gasteiger partial charge in [-0.25, -0.2) is 9.97 Å². The second-order valence-corrected chi connectivity index (χ2v) is 6.19. The van der Waals surface area contributed by atoms with Crippen LogP contribution in [0, 0.1) is 10.1 Å². The van der Waals surface area contributed by atoms with Gasteiger partial charge in [0.2, 0.25) is 11.8 Å². The molecule has 23 heavy (non-hydrogen) atoms. The predicted molar refractivity (Wildman–Crippen MR) is 87.4 cm³/mol. The van der Waals surface area contributed by atoms with Gasteiger partial charge in [-0.05, 0) is 6.92 Å². The molecule has 0 aromatic carbocycles. The molecule has 0 amide bonds. The van der Waals surface area contributed by atoms with Crippen LogP contribution in [0.2, 0.25) is 0 Å². The van der Waals surface area contributed by atoms with Crippen molar-refractivity contribution < 1.29 is 4.92 Å². The summed E-state index contributed by atoms with van der Waals surface area (Å²) in [6.07, 6.45) is 2.99. The number of hydrogen-bond donors (Lipinski definition) is 1. The van der Waals surface area contributed by atoms with Crippen molar-refractivity contribution in [2.75, 3.05) is 36.8 Å². The van der Waals surface area contributed by atoms with E-state index < -0.39 is 4.92 Å². The van der Waals surface area contributed by atoms with Gasteiger partial charge in [0.15, 0.2) is 0 Å². The first-order valence-corrected chi connectivity index (χ1v) is 8.09. The molecule has 1 aliphatic heterocycles. The summed E-state index contributed by atoms with van der Waals surface area (Å²) in [7, 11) is 0. The summed E-state index contributed by atoms with van der Waals surface area (Å²) in [6.45, 7) is 5.33. The zero-order valence-corrected chi connectivity index (χ0v) is 13.4. The molecule has 2 aromatic heterocycles. The van der Waals surface area contributed by atoms with Crippen LogP contribution in [-0.4, -0.2) is 51.0 Å². The van der Waals surface area contributed by atoms with E-state index in [0.29, 0.717) is 5.95 Å². The lowest BCUT2D eigenvalue weighted by molar-refractivity contribution is -0.384. The molecule has 1 atom stereocenters. The van der Waals surface area contributed by atoms with Gasteiger partial charge in [-0.1, -0.05) is 0 Å². The van der Waals surface area contributed by atoms with Crippen molar-refractivity contribution in [2.24, 2.45) is 0 Å². The minimum absolute atomic E-state index is 0.0985. The maximum absolute atomic E-state index is 10.8. The lowest BCUT2D eigenvalue weighted by Crippen LogP contribution is -2.47. The number of anilines is 2. The highest BCUT2D eigenvalue weighted by Gasteiger charge is 2.25. The first-order valence-electron chi connectivity index (χ1n) is 7.21. The largest absolute Gasteiger partial charge is 0.378 e. The maximum Gasteiger partial charge on any atom is 0.329 e. The lowest BCUT2D eigenvalue weighted by atomic mass is 10.2. The van der Waals surface area contributed by atoms with Crippen LogP contribution in [-0.2, 0) is 0 Å². The van der Waals surface area contributed by atoms with Crippen molar-refractivity contribution in [2.45, 2.75) is 13.0 Å². The van der Waals surface area contributed by atoms with E-state index in [1.807, 2.05) is 16.5 Å². The zero-order valence-electron chi connectivity index (χ0n) is 12.6. The third-order valence-electron chi connectivity index (χ3n) is 3.94. The number of aromatic nitrogens is 3. The second kappa shape index (κ2) is 6.42. The molecular formula is C13H17N7O2S. The normalized spacial score (nSPS) is 17.2. The number of rotatable bonds is 4. The molecule has 0 aliphatic carbocycles. The maximum atomic E-state index is 10.8. The molecule has 10 heteroatoms. The highest BCUT2D eigenvalue weighted by Crippen LogP contribution is 2.25. The highest BCUT2D eigenvalue weighted by atomic mass is 32.1. The summed E-state index contributed by atoms with van der Waals surface area (Å²) < 4.78 is 0. The number of nitrogen functional groups attached to an aromatic ring is 1. The summed E-state index contributed by atoms with van der Waals surface area (Å²) in [5.41, 5.74) is 5.37. The Hall–Kier alpha value is -2.33. The minimum atomic E-state index is -0.577. The van der Waals surface area contributed by atoms with E-state index in [-0.39, 0.29) is 17.5 Å². The van der Waals surface area contributed by atoms with Crippen LogP contribution < -0.4 is 10.6 Å². The number of nitrogens with two attached hydrogens (primary N) is 1. The fourth-order valence-corrected chi connectivity index (χ4v) is 3.31. The Balaban J connectivity index is 1.65. The molecule has 3 rings (SSSR count). The van der Waals surface area contributed by atoms with Crippen LogP contribution >= 0.6 is 11.3 Å². The Labute approximate surface area is 136 Å². The number of nitrogens with zero attached hydrogens (tertiary/aromatic N) is 6. The van der Waals surface area contributed by atoms with E-state index in [1.165, 1.54) is 6.20 Å². The quantitative estimate of drug-likeness (QED) is 0.657. The van der Waals surface area contributed by atoms with E-state index in [2.05, 4.69) is 26.8 Å². The van der Waals surface area contributed by atoms with Gasteiger partial charge in [-0.3, -0.25) is 15.0 Å². The molecule has 3 heterocycles. The molecule has 2 N–H and O–H groups in total. The molecule has 9 nitrogen and oxygen atoms in total. The van der Waals surface area contributed by atoms with Crippen molar-refractivity contribution in [1.82, 2.24) is 19.9 Å². The molecule has 0 saturated carbocycles. The fraction of sp³-hybridized carbons (Fsp3) is 0.462. The van der Waals surface area contributed by atoms with Gasteiger partial charge in [0, 0.05) is 37.8 Å². The van der Waals surface area contributed by atoms with Gasteiger partial charge < -0.3 is 10.6 Å². The topological polar surface area (TPSA) is 114 Å². The van der Waals surface area contributed by atoms with Crippen molar-refractivity contribution in [3.8, 4) is 0 Å². The third-order valence-corrected chi connectivity index (χ3v) is 4.88. The number of piperazine rings is 1. The summed E-state index contributed by atoms with van der Waals surface area (Å²) in [5.74, 6) is 0.341. The van der Waals surface area contributed by atoms with Crippen LogP contribution in [0.15, 0.2) is 17.8 Å². The van der Waals surface area contributed by atoms with Crippen molar-refractivity contribution in [3.63, 3.8) is 0 Å². The zero-order chi connectivity index (χ0) is 16.4. The molecule has 122 valence electrons. The second-order valence-electron chi connectivity index (χ2n) is 5.27. The van der Waals surface area contributed by atoms with E-state index in [1.54, 1.807) is 11.3 Å². The Bertz CT molecular complexity index is 686. The molecule has 2 aromatic rings. The summed E-state index contributed by atoms with van der Waals surface area (Å²) in [6, 6.07) is 0.278.